The van der Waals surface area contributed by atoms with Crippen molar-refractivity contribution >= 4 is 16.7 Å². The van der Waals surface area contributed by atoms with Crippen molar-refractivity contribution in [3.8, 4) is 0 Å². The lowest BCUT2D eigenvalue weighted by molar-refractivity contribution is -0.385. The SMILES string of the molecule is Cn1nc2ccc([N+](=O)[O-])c(Cn3cncn3)c2n1. The van der Waals surface area contributed by atoms with Crippen molar-refractivity contribution in [2.75, 3.05) is 0 Å². The molecule has 19 heavy (non-hydrogen) atoms. The van der Waals surface area contributed by atoms with Gasteiger partial charge in [0, 0.05) is 13.1 Å². The smallest absolute Gasteiger partial charge is 0.258 e. The summed E-state index contributed by atoms with van der Waals surface area (Å²) < 4.78 is 1.51. The molecule has 0 saturated carbocycles. The Kier molecular flexibility index (Phi) is 2.44. The molecule has 0 N–H and O–H groups in total. The van der Waals surface area contributed by atoms with Crippen LogP contribution in [-0.4, -0.2) is 34.7 Å². The van der Waals surface area contributed by atoms with Crippen LogP contribution in [0.1, 0.15) is 5.56 Å². The minimum Gasteiger partial charge on any atom is -0.258 e. The number of rotatable bonds is 3. The molecular weight excluding hydrogens is 250 g/mol. The second kappa shape index (κ2) is 4.12. The summed E-state index contributed by atoms with van der Waals surface area (Å²) >= 11 is 0. The molecule has 0 aliphatic heterocycles. The van der Waals surface area contributed by atoms with Crippen LogP contribution in [-0.2, 0) is 13.6 Å². The van der Waals surface area contributed by atoms with E-state index in [2.05, 4.69) is 20.3 Å². The molecule has 9 heteroatoms. The van der Waals surface area contributed by atoms with Crippen LogP contribution >= 0.6 is 0 Å². The summed E-state index contributed by atoms with van der Waals surface area (Å²) in [5.74, 6) is 0. The van der Waals surface area contributed by atoms with Gasteiger partial charge in [-0.25, -0.2) is 9.67 Å². The lowest BCUT2D eigenvalue weighted by Crippen LogP contribution is -2.04. The van der Waals surface area contributed by atoms with Gasteiger partial charge < -0.3 is 0 Å². The molecule has 0 aliphatic carbocycles. The van der Waals surface area contributed by atoms with Crippen LogP contribution < -0.4 is 0 Å². The fraction of sp³-hybridized carbons (Fsp3) is 0.200. The standard InChI is InChI=1S/C10H9N7O2/c1-15-13-8-2-3-9(17(18)19)7(10(8)14-15)4-16-6-11-5-12-16/h2-3,5-6H,4H2,1H3. The summed E-state index contributed by atoms with van der Waals surface area (Å²) in [6.45, 7) is 0.229. The fourth-order valence-corrected chi connectivity index (χ4v) is 1.93. The highest BCUT2D eigenvalue weighted by molar-refractivity contribution is 5.81. The van der Waals surface area contributed by atoms with Crippen LogP contribution in [0.5, 0.6) is 0 Å². The van der Waals surface area contributed by atoms with Crippen molar-refractivity contribution in [3.63, 3.8) is 0 Å². The Morgan fingerprint density at radius 2 is 2.21 bits per heavy atom. The summed E-state index contributed by atoms with van der Waals surface area (Å²) in [6, 6.07) is 3.02. The maximum Gasteiger partial charge on any atom is 0.276 e. The summed E-state index contributed by atoms with van der Waals surface area (Å²) in [5.41, 5.74) is 1.60. The Labute approximate surface area is 106 Å². The average Bonchev–Trinajstić information content (AvgIpc) is 2.97. The highest BCUT2D eigenvalue weighted by atomic mass is 16.6. The van der Waals surface area contributed by atoms with Crippen molar-refractivity contribution in [2.45, 2.75) is 6.54 Å². The quantitative estimate of drug-likeness (QED) is 0.501. The lowest BCUT2D eigenvalue weighted by Gasteiger charge is -2.03. The normalized spacial score (nSPS) is 11.0. The molecule has 3 rings (SSSR count). The molecule has 3 aromatic rings. The van der Waals surface area contributed by atoms with E-state index in [-0.39, 0.29) is 12.2 Å². The molecule has 0 amide bonds. The van der Waals surface area contributed by atoms with Crippen molar-refractivity contribution in [1.29, 1.82) is 0 Å². The van der Waals surface area contributed by atoms with Gasteiger partial charge >= 0.3 is 0 Å². The predicted octanol–water partition coefficient (Wildman–Crippen LogP) is 0.516. The van der Waals surface area contributed by atoms with E-state index in [1.165, 1.54) is 28.2 Å². The van der Waals surface area contributed by atoms with Crippen LogP contribution in [0, 0.1) is 10.1 Å². The third kappa shape index (κ3) is 1.90. The largest absolute Gasteiger partial charge is 0.276 e. The van der Waals surface area contributed by atoms with Crippen LogP contribution in [0.2, 0.25) is 0 Å². The van der Waals surface area contributed by atoms with Gasteiger partial charge in [0.15, 0.2) is 0 Å². The first-order valence-corrected chi connectivity index (χ1v) is 5.45. The van der Waals surface area contributed by atoms with Crippen molar-refractivity contribution in [3.05, 3.63) is 40.5 Å². The molecule has 0 saturated heterocycles. The monoisotopic (exact) mass is 259 g/mol. The minimum atomic E-state index is -0.430. The number of nitro groups is 1. The van der Waals surface area contributed by atoms with E-state index >= 15 is 0 Å². The van der Waals surface area contributed by atoms with Crippen LogP contribution in [0.3, 0.4) is 0 Å². The van der Waals surface area contributed by atoms with Gasteiger partial charge in [-0.2, -0.15) is 20.1 Å². The first kappa shape index (κ1) is 11.3. The maximum absolute atomic E-state index is 11.1. The summed E-state index contributed by atoms with van der Waals surface area (Å²) in [7, 11) is 1.67. The fourth-order valence-electron chi connectivity index (χ4n) is 1.93. The molecule has 0 fully saturated rings. The zero-order valence-electron chi connectivity index (χ0n) is 9.96. The van der Waals surface area contributed by atoms with Gasteiger partial charge in [-0.3, -0.25) is 10.1 Å². The zero-order valence-corrected chi connectivity index (χ0v) is 9.96. The first-order chi connectivity index (χ1) is 9.15. The molecule has 2 aromatic heterocycles. The number of hydrogen-bond donors (Lipinski definition) is 0. The molecule has 0 atom stereocenters. The Balaban J connectivity index is 2.22. The highest BCUT2D eigenvalue weighted by Gasteiger charge is 2.20. The molecule has 0 aliphatic rings. The van der Waals surface area contributed by atoms with Crippen LogP contribution in [0.25, 0.3) is 11.0 Å². The van der Waals surface area contributed by atoms with Gasteiger partial charge in [0.1, 0.15) is 23.7 Å². The van der Waals surface area contributed by atoms with Gasteiger partial charge in [0.2, 0.25) is 0 Å². The van der Waals surface area contributed by atoms with Crippen molar-refractivity contribution in [2.24, 2.45) is 7.05 Å². The molecule has 96 valence electrons. The number of benzene rings is 1. The van der Waals surface area contributed by atoms with Gasteiger partial charge in [-0.05, 0) is 6.07 Å². The molecule has 2 heterocycles. The zero-order chi connectivity index (χ0) is 13.4. The van der Waals surface area contributed by atoms with Gasteiger partial charge in [0.05, 0.1) is 17.0 Å². The van der Waals surface area contributed by atoms with E-state index in [0.717, 1.165) is 0 Å². The molecule has 1 aromatic carbocycles. The van der Waals surface area contributed by atoms with E-state index in [1.54, 1.807) is 13.1 Å². The van der Waals surface area contributed by atoms with E-state index in [0.29, 0.717) is 16.6 Å². The Hall–Kier alpha value is -2.84. The van der Waals surface area contributed by atoms with Gasteiger partial charge in [-0.1, -0.05) is 0 Å². The van der Waals surface area contributed by atoms with Crippen molar-refractivity contribution in [1.82, 2.24) is 29.8 Å². The third-order valence-corrected chi connectivity index (χ3v) is 2.72. The molecule has 9 nitrogen and oxygen atoms in total. The molecular formula is C10H9N7O2. The predicted molar refractivity (Wildman–Crippen MR) is 64.3 cm³/mol. The number of nitro benzene ring substituents is 1. The molecule has 0 radical (unpaired) electrons. The number of hydrogen-bond acceptors (Lipinski definition) is 6. The van der Waals surface area contributed by atoms with Crippen LogP contribution in [0.15, 0.2) is 24.8 Å². The summed E-state index contributed by atoms with van der Waals surface area (Å²) in [4.78, 5) is 15.9. The average molecular weight is 259 g/mol. The highest BCUT2D eigenvalue weighted by Crippen LogP contribution is 2.26. The second-order valence-corrected chi connectivity index (χ2v) is 3.97. The Morgan fingerprint density at radius 1 is 1.37 bits per heavy atom. The van der Waals surface area contributed by atoms with E-state index < -0.39 is 4.92 Å². The lowest BCUT2D eigenvalue weighted by atomic mass is 10.1. The van der Waals surface area contributed by atoms with E-state index in [1.807, 2.05) is 0 Å². The topological polar surface area (TPSA) is 105 Å². The summed E-state index contributed by atoms with van der Waals surface area (Å²) in [5, 5.41) is 23.4. The number of aryl methyl sites for hydroxylation is 1. The molecule has 0 spiro atoms. The number of fused-ring (bicyclic) bond motifs is 1. The van der Waals surface area contributed by atoms with Gasteiger partial charge in [-0.15, -0.1) is 0 Å². The Bertz CT molecular complexity index is 747. The van der Waals surface area contributed by atoms with E-state index in [9.17, 15) is 10.1 Å². The van der Waals surface area contributed by atoms with Crippen molar-refractivity contribution < 1.29 is 4.92 Å². The van der Waals surface area contributed by atoms with Crippen LogP contribution in [0.4, 0.5) is 5.69 Å². The number of nitrogens with zero attached hydrogens (tertiary/aromatic N) is 7. The third-order valence-electron chi connectivity index (χ3n) is 2.72. The van der Waals surface area contributed by atoms with Gasteiger partial charge in [0.25, 0.3) is 5.69 Å². The Morgan fingerprint density at radius 3 is 2.89 bits per heavy atom. The maximum atomic E-state index is 11.1. The molecule has 0 bridgehead atoms. The minimum absolute atomic E-state index is 0.00324. The number of aromatic nitrogens is 6. The molecule has 0 unspecified atom stereocenters. The first-order valence-electron chi connectivity index (χ1n) is 5.45. The summed E-state index contributed by atoms with van der Waals surface area (Å²) in [6.07, 6.45) is 2.88. The second-order valence-electron chi connectivity index (χ2n) is 3.97. The van der Waals surface area contributed by atoms with E-state index in [4.69, 9.17) is 0 Å².